The Balaban J connectivity index is 1.83. The van der Waals surface area contributed by atoms with E-state index < -0.39 is 0 Å². The summed E-state index contributed by atoms with van der Waals surface area (Å²) in [5.74, 6) is 1.24. The molecule has 5 nitrogen and oxygen atoms in total. The molecule has 0 radical (unpaired) electrons. The summed E-state index contributed by atoms with van der Waals surface area (Å²) in [4.78, 5) is 8.93. The van der Waals surface area contributed by atoms with E-state index in [2.05, 4.69) is 64.1 Å². The van der Waals surface area contributed by atoms with E-state index in [1.807, 2.05) is 13.8 Å². The Morgan fingerprint density at radius 3 is 2.54 bits per heavy atom. The molecule has 0 amide bonds. The number of aromatic nitrogens is 1. The fourth-order valence-corrected chi connectivity index (χ4v) is 3.22. The monoisotopic (exact) mass is 374 g/mol. The van der Waals surface area contributed by atoms with E-state index in [0.717, 1.165) is 16.7 Å². The van der Waals surface area contributed by atoms with E-state index in [1.165, 1.54) is 11.1 Å². The minimum absolute atomic E-state index is 0.238. The van der Waals surface area contributed by atoms with Gasteiger partial charge in [0.25, 0.3) is 0 Å². The van der Waals surface area contributed by atoms with Crippen molar-refractivity contribution >= 4 is 17.3 Å². The normalized spacial score (nSPS) is 12.0. The van der Waals surface area contributed by atoms with Gasteiger partial charge in [0, 0.05) is 19.0 Å². The molecule has 1 aromatic carbocycles. The second kappa shape index (κ2) is 10.3. The van der Waals surface area contributed by atoms with Crippen molar-refractivity contribution in [2.75, 3.05) is 7.05 Å². The summed E-state index contributed by atoms with van der Waals surface area (Å²) >= 11 is 1.68. The number of hydrogen-bond donors (Lipinski definition) is 2. The van der Waals surface area contributed by atoms with Crippen LogP contribution in [0, 0.1) is 0 Å². The maximum atomic E-state index is 5.67. The molecule has 0 unspecified atom stereocenters. The highest BCUT2D eigenvalue weighted by Crippen LogP contribution is 2.17. The van der Waals surface area contributed by atoms with Gasteiger partial charge < -0.3 is 15.4 Å². The highest BCUT2D eigenvalue weighted by Gasteiger charge is 2.06. The lowest BCUT2D eigenvalue weighted by atomic mass is 10.1. The van der Waals surface area contributed by atoms with Crippen molar-refractivity contribution < 1.29 is 4.74 Å². The molecule has 2 N–H and O–H groups in total. The molecule has 0 saturated heterocycles. The standard InChI is InChI=1S/C20H30N4OS/c1-14(2)18-13-26-19(24-18)11-23-20(21-5)22-10-16-7-6-8-17(9-16)12-25-15(3)4/h6-9,13-15H,10-12H2,1-5H3,(H2,21,22,23). The number of hydrogen-bond acceptors (Lipinski definition) is 4. The van der Waals surface area contributed by atoms with Gasteiger partial charge in [-0.05, 0) is 30.9 Å². The second-order valence-electron chi connectivity index (χ2n) is 6.78. The Bertz CT molecular complexity index is 709. The predicted molar refractivity (Wildman–Crippen MR) is 110 cm³/mol. The zero-order valence-corrected chi connectivity index (χ0v) is 17.2. The van der Waals surface area contributed by atoms with E-state index in [0.29, 0.717) is 25.6 Å². The minimum Gasteiger partial charge on any atom is -0.374 e. The number of ether oxygens (including phenoxy) is 1. The molecule has 0 aliphatic heterocycles. The Morgan fingerprint density at radius 2 is 1.88 bits per heavy atom. The molecular weight excluding hydrogens is 344 g/mol. The maximum Gasteiger partial charge on any atom is 0.191 e. The van der Waals surface area contributed by atoms with Crippen LogP contribution in [-0.4, -0.2) is 24.1 Å². The molecule has 0 aliphatic carbocycles. The molecule has 2 aromatic rings. The van der Waals surface area contributed by atoms with E-state index in [9.17, 15) is 0 Å². The van der Waals surface area contributed by atoms with Crippen molar-refractivity contribution in [3.05, 3.63) is 51.5 Å². The van der Waals surface area contributed by atoms with Crippen LogP contribution in [0.2, 0.25) is 0 Å². The molecule has 142 valence electrons. The van der Waals surface area contributed by atoms with Gasteiger partial charge in [0.15, 0.2) is 5.96 Å². The molecule has 0 bridgehead atoms. The number of aliphatic imine (C=N–C) groups is 1. The van der Waals surface area contributed by atoms with Crippen LogP contribution < -0.4 is 10.6 Å². The fraction of sp³-hybridized carbons (Fsp3) is 0.500. The van der Waals surface area contributed by atoms with Gasteiger partial charge in [0.05, 0.1) is 24.9 Å². The summed E-state index contributed by atoms with van der Waals surface area (Å²) in [5.41, 5.74) is 3.54. The average Bonchev–Trinajstić information content (AvgIpc) is 3.10. The fourth-order valence-electron chi connectivity index (χ4n) is 2.33. The van der Waals surface area contributed by atoms with Crippen molar-refractivity contribution in [3.63, 3.8) is 0 Å². The smallest absolute Gasteiger partial charge is 0.191 e. The Morgan fingerprint density at radius 1 is 1.15 bits per heavy atom. The topological polar surface area (TPSA) is 58.5 Å². The van der Waals surface area contributed by atoms with Gasteiger partial charge in [-0.25, -0.2) is 4.98 Å². The summed E-state index contributed by atoms with van der Waals surface area (Å²) in [6.07, 6.45) is 0.238. The van der Waals surface area contributed by atoms with E-state index in [1.54, 1.807) is 18.4 Å². The molecule has 0 fully saturated rings. The van der Waals surface area contributed by atoms with Crippen LogP contribution >= 0.6 is 11.3 Å². The quantitative estimate of drug-likeness (QED) is 0.540. The van der Waals surface area contributed by atoms with Gasteiger partial charge in [-0.2, -0.15) is 0 Å². The molecule has 1 heterocycles. The number of thiazole rings is 1. The highest BCUT2D eigenvalue weighted by atomic mass is 32.1. The Hall–Kier alpha value is -1.92. The Labute approximate surface area is 160 Å². The molecule has 6 heteroatoms. The third-order valence-corrected chi connectivity index (χ3v) is 4.69. The lowest BCUT2D eigenvalue weighted by Gasteiger charge is -2.12. The average molecular weight is 375 g/mol. The van der Waals surface area contributed by atoms with Gasteiger partial charge in [0.2, 0.25) is 0 Å². The van der Waals surface area contributed by atoms with Crippen molar-refractivity contribution in [2.45, 2.75) is 59.4 Å². The predicted octanol–water partition coefficient (Wildman–Crippen LogP) is 4.06. The van der Waals surface area contributed by atoms with Crippen molar-refractivity contribution in [2.24, 2.45) is 4.99 Å². The van der Waals surface area contributed by atoms with E-state index in [-0.39, 0.29) is 6.10 Å². The van der Waals surface area contributed by atoms with Gasteiger partial charge in [0.1, 0.15) is 5.01 Å². The van der Waals surface area contributed by atoms with Crippen LogP contribution in [0.15, 0.2) is 34.6 Å². The van der Waals surface area contributed by atoms with Gasteiger partial charge in [-0.1, -0.05) is 38.1 Å². The Kier molecular flexibility index (Phi) is 8.06. The van der Waals surface area contributed by atoms with E-state index in [4.69, 9.17) is 4.74 Å². The van der Waals surface area contributed by atoms with Gasteiger partial charge >= 0.3 is 0 Å². The second-order valence-corrected chi connectivity index (χ2v) is 7.72. The van der Waals surface area contributed by atoms with Crippen LogP contribution in [0.4, 0.5) is 0 Å². The number of nitrogens with zero attached hydrogens (tertiary/aromatic N) is 2. The molecule has 0 atom stereocenters. The maximum absolute atomic E-state index is 5.67. The lowest BCUT2D eigenvalue weighted by Crippen LogP contribution is -2.36. The van der Waals surface area contributed by atoms with Gasteiger partial charge in [-0.3, -0.25) is 4.99 Å². The van der Waals surface area contributed by atoms with Crippen LogP contribution in [-0.2, 0) is 24.4 Å². The number of rotatable bonds is 8. The van der Waals surface area contributed by atoms with Crippen molar-refractivity contribution in [1.29, 1.82) is 0 Å². The first kappa shape index (κ1) is 20.4. The first-order valence-corrected chi connectivity index (χ1v) is 9.94. The first-order valence-electron chi connectivity index (χ1n) is 9.06. The highest BCUT2D eigenvalue weighted by molar-refractivity contribution is 7.09. The number of nitrogens with one attached hydrogen (secondary N) is 2. The summed E-state index contributed by atoms with van der Waals surface area (Å²) < 4.78 is 5.67. The summed E-state index contributed by atoms with van der Waals surface area (Å²) in [7, 11) is 1.78. The molecular formula is C20H30N4OS. The first-order chi connectivity index (χ1) is 12.5. The van der Waals surface area contributed by atoms with Crippen LogP contribution in [0.3, 0.4) is 0 Å². The summed E-state index contributed by atoms with van der Waals surface area (Å²) in [6, 6.07) is 8.43. The van der Waals surface area contributed by atoms with Gasteiger partial charge in [-0.15, -0.1) is 11.3 Å². The van der Waals surface area contributed by atoms with Crippen LogP contribution in [0.1, 0.15) is 55.4 Å². The molecule has 26 heavy (non-hydrogen) atoms. The molecule has 1 aromatic heterocycles. The molecule has 2 rings (SSSR count). The minimum atomic E-state index is 0.238. The van der Waals surface area contributed by atoms with Crippen LogP contribution in [0.25, 0.3) is 0 Å². The lowest BCUT2D eigenvalue weighted by molar-refractivity contribution is 0.0657. The summed E-state index contributed by atoms with van der Waals surface area (Å²) in [5, 5.41) is 9.88. The molecule has 0 aliphatic rings. The third-order valence-electron chi connectivity index (χ3n) is 3.83. The molecule has 0 saturated carbocycles. The largest absolute Gasteiger partial charge is 0.374 e. The van der Waals surface area contributed by atoms with Crippen molar-refractivity contribution in [1.82, 2.24) is 15.6 Å². The number of guanidine groups is 1. The van der Waals surface area contributed by atoms with Crippen LogP contribution in [0.5, 0.6) is 0 Å². The zero-order chi connectivity index (χ0) is 18.9. The zero-order valence-electron chi connectivity index (χ0n) is 16.4. The van der Waals surface area contributed by atoms with E-state index >= 15 is 0 Å². The van der Waals surface area contributed by atoms with Crippen molar-refractivity contribution in [3.8, 4) is 0 Å². The summed E-state index contributed by atoms with van der Waals surface area (Å²) in [6.45, 7) is 10.5. The number of benzene rings is 1. The SMILES string of the molecule is CN=C(NCc1cccc(COC(C)C)c1)NCc1nc(C(C)C)cs1. The third kappa shape index (κ3) is 6.77. The molecule has 0 spiro atoms.